The largest absolute Gasteiger partial charge is 0.508 e. The van der Waals surface area contributed by atoms with E-state index < -0.39 is 5.60 Å². The summed E-state index contributed by atoms with van der Waals surface area (Å²) < 4.78 is 11.6. The van der Waals surface area contributed by atoms with E-state index in [1.54, 1.807) is 35.2 Å². The summed E-state index contributed by atoms with van der Waals surface area (Å²) in [5, 5.41) is 19.8. The minimum atomic E-state index is -0.496. The zero-order valence-electron chi connectivity index (χ0n) is 14.4. The lowest BCUT2D eigenvalue weighted by Gasteiger charge is -2.41. The Bertz CT molecular complexity index is 766. The highest BCUT2D eigenvalue weighted by Gasteiger charge is 2.40. The molecule has 8 nitrogen and oxygen atoms in total. The van der Waals surface area contributed by atoms with Crippen LogP contribution in [-0.2, 0) is 9.47 Å². The minimum Gasteiger partial charge on any atom is -0.508 e. The molecule has 0 saturated carbocycles. The van der Waals surface area contributed by atoms with Crippen LogP contribution in [0.1, 0.15) is 10.5 Å². The lowest BCUT2D eigenvalue weighted by molar-refractivity contribution is -0.125. The summed E-state index contributed by atoms with van der Waals surface area (Å²) in [5.41, 5.74) is 1.44. The number of morpholine rings is 1. The van der Waals surface area contributed by atoms with Crippen LogP contribution in [0.3, 0.4) is 0 Å². The van der Waals surface area contributed by atoms with Gasteiger partial charge in [-0.05, 0) is 30.3 Å². The van der Waals surface area contributed by atoms with Gasteiger partial charge in [-0.1, -0.05) is 0 Å². The number of H-pyrrole nitrogens is 1. The molecular weight excluding hydrogens is 336 g/mol. The topological polar surface area (TPSA) is 99.7 Å². The molecule has 1 aromatic carbocycles. The van der Waals surface area contributed by atoms with E-state index in [1.807, 2.05) is 0 Å². The SMILES string of the molecule is O=C(c1cc(-c2ccc(O)cc2)n[nH]1)N1CCOC2(CNCCOC2)C1. The molecular formula is C18H22N4O4. The fourth-order valence-electron chi connectivity index (χ4n) is 3.36. The number of rotatable bonds is 2. The molecule has 4 rings (SSSR count). The lowest BCUT2D eigenvalue weighted by Crippen LogP contribution is -2.59. The lowest BCUT2D eigenvalue weighted by atomic mass is 10.0. The molecule has 0 bridgehead atoms. The average Bonchev–Trinajstić information content (AvgIpc) is 3.05. The highest BCUT2D eigenvalue weighted by atomic mass is 16.5. The minimum absolute atomic E-state index is 0.102. The molecule has 2 aliphatic heterocycles. The summed E-state index contributed by atoms with van der Waals surface area (Å²) >= 11 is 0. The number of aromatic amines is 1. The molecule has 1 aromatic heterocycles. The molecule has 1 atom stereocenters. The number of carbonyl (C=O) groups excluding carboxylic acids is 1. The van der Waals surface area contributed by atoms with Crippen molar-refractivity contribution in [1.29, 1.82) is 0 Å². The van der Waals surface area contributed by atoms with E-state index in [4.69, 9.17) is 9.47 Å². The first kappa shape index (κ1) is 17.0. The van der Waals surface area contributed by atoms with Crippen LogP contribution in [-0.4, -0.2) is 77.7 Å². The van der Waals surface area contributed by atoms with Crippen LogP contribution in [0.2, 0.25) is 0 Å². The number of hydrogen-bond acceptors (Lipinski definition) is 6. The number of nitrogens with one attached hydrogen (secondary N) is 2. The van der Waals surface area contributed by atoms with Gasteiger partial charge in [0.1, 0.15) is 17.0 Å². The molecule has 8 heteroatoms. The van der Waals surface area contributed by atoms with E-state index >= 15 is 0 Å². The van der Waals surface area contributed by atoms with Crippen molar-refractivity contribution in [2.75, 3.05) is 46.0 Å². The second-order valence-corrected chi connectivity index (χ2v) is 6.70. The molecule has 3 N–H and O–H groups in total. The van der Waals surface area contributed by atoms with E-state index in [0.717, 1.165) is 12.1 Å². The molecule has 1 amide bonds. The third-order valence-corrected chi connectivity index (χ3v) is 4.74. The molecule has 0 radical (unpaired) electrons. The average molecular weight is 358 g/mol. The Morgan fingerprint density at radius 3 is 2.96 bits per heavy atom. The van der Waals surface area contributed by atoms with Crippen LogP contribution < -0.4 is 5.32 Å². The zero-order chi connectivity index (χ0) is 18.0. The number of hydrogen-bond donors (Lipinski definition) is 3. The molecule has 1 unspecified atom stereocenters. The Kier molecular flexibility index (Phi) is 4.62. The van der Waals surface area contributed by atoms with Gasteiger partial charge in [0.15, 0.2) is 0 Å². The predicted octanol–water partition coefficient (Wildman–Crippen LogP) is 0.613. The molecule has 2 saturated heterocycles. The van der Waals surface area contributed by atoms with Crippen molar-refractivity contribution >= 4 is 5.91 Å². The van der Waals surface area contributed by atoms with E-state index in [0.29, 0.717) is 50.8 Å². The summed E-state index contributed by atoms with van der Waals surface area (Å²) in [6.45, 7) is 4.07. The van der Waals surface area contributed by atoms with Crippen molar-refractivity contribution in [1.82, 2.24) is 20.4 Å². The number of benzene rings is 1. The maximum Gasteiger partial charge on any atom is 0.272 e. The molecule has 1 spiro atoms. The molecule has 26 heavy (non-hydrogen) atoms. The number of phenols is 1. The number of aromatic nitrogens is 2. The van der Waals surface area contributed by atoms with Gasteiger partial charge >= 0.3 is 0 Å². The highest BCUT2D eigenvalue weighted by molar-refractivity contribution is 5.93. The van der Waals surface area contributed by atoms with Crippen LogP contribution in [0.15, 0.2) is 30.3 Å². The Morgan fingerprint density at radius 2 is 2.12 bits per heavy atom. The van der Waals surface area contributed by atoms with Crippen molar-refractivity contribution in [2.45, 2.75) is 5.60 Å². The maximum atomic E-state index is 12.9. The second-order valence-electron chi connectivity index (χ2n) is 6.70. The first-order valence-corrected chi connectivity index (χ1v) is 8.72. The van der Waals surface area contributed by atoms with Crippen LogP contribution >= 0.6 is 0 Å². The number of nitrogens with zero attached hydrogens (tertiary/aromatic N) is 2. The number of aromatic hydroxyl groups is 1. The first-order valence-electron chi connectivity index (χ1n) is 8.72. The van der Waals surface area contributed by atoms with Gasteiger partial charge in [0.25, 0.3) is 5.91 Å². The van der Waals surface area contributed by atoms with Gasteiger partial charge in [-0.2, -0.15) is 5.10 Å². The highest BCUT2D eigenvalue weighted by Crippen LogP contribution is 2.23. The Morgan fingerprint density at radius 1 is 1.27 bits per heavy atom. The molecule has 2 aliphatic rings. The Labute approximate surface area is 151 Å². The summed E-state index contributed by atoms with van der Waals surface area (Å²) in [6, 6.07) is 8.45. The Balaban J connectivity index is 1.49. The monoisotopic (exact) mass is 358 g/mol. The van der Waals surface area contributed by atoms with Gasteiger partial charge in [-0.25, -0.2) is 0 Å². The predicted molar refractivity (Wildman–Crippen MR) is 94.0 cm³/mol. The van der Waals surface area contributed by atoms with Crippen molar-refractivity contribution in [3.63, 3.8) is 0 Å². The van der Waals surface area contributed by atoms with Crippen LogP contribution in [0.25, 0.3) is 11.3 Å². The van der Waals surface area contributed by atoms with Crippen LogP contribution in [0.5, 0.6) is 5.75 Å². The standard InChI is InChI=1S/C18H22N4O4/c23-14-3-1-13(2-4-14)15-9-16(21-20-15)17(24)22-6-8-26-18(11-22)10-19-5-7-25-12-18/h1-4,9,19,23H,5-8,10-12H2,(H,20,21). The number of ether oxygens (including phenoxy) is 2. The number of carbonyl (C=O) groups is 1. The van der Waals surface area contributed by atoms with E-state index in [1.165, 1.54) is 0 Å². The smallest absolute Gasteiger partial charge is 0.272 e. The summed E-state index contributed by atoms with van der Waals surface area (Å²) in [4.78, 5) is 14.7. The van der Waals surface area contributed by atoms with Gasteiger partial charge in [-0.15, -0.1) is 0 Å². The van der Waals surface area contributed by atoms with Gasteiger partial charge < -0.3 is 24.8 Å². The fourth-order valence-corrected chi connectivity index (χ4v) is 3.36. The normalized spacial score (nSPS) is 23.8. The third kappa shape index (κ3) is 3.44. The molecule has 138 valence electrons. The Hall–Kier alpha value is -2.42. The third-order valence-electron chi connectivity index (χ3n) is 4.74. The van der Waals surface area contributed by atoms with Crippen LogP contribution in [0.4, 0.5) is 0 Å². The summed E-state index contributed by atoms with van der Waals surface area (Å²) in [6.07, 6.45) is 0. The first-order chi connectivity index (χ1) is 12.7. The zero-order valence-corrected chi connectivity index (χ0v) is 14.4. The number of phenolic OH excluding ortho intramolecular Hbond substituents is 1. The molecule has 2 fully saturated rings. The fraction of sp³-hybridized carbons (Fsp3) is 0.444. The van der Waals surface area contributed by atoms with Crippen LogP contribution in [0, 0.1) is 0 Å². The molecule has 3 heterocycles. The van der Waals surface area contributed by atoms with Gasteiger partial charge in [0.05, 0.1) is 32.1 Å². The van der Waals surface area contributed by atoms with E-state index in [2.05, 4.69) is 15.5 Å². The van der Waals surface area contributed by atoms with E-state index in [9.17, 15) is 9.90 Å². The molecule has 2 aromatic rings. The van der Waals surface area contributed by atoms with Gasteiger partial charge in [0, 0.05) is 25.2 Å². The van der Waals surface area contributed by atoms with Crippen molar-refractivity contribution < 1.29 is 19.4 Å². The van der Waals surface area contributed by atoms with Gasteiger partial charge in [0.2, 0.25) is 0 Å². The quantitative estimate of drug-likeness (QED) is 0.728. The summed E-state index contributed by atoms with van der Waals surface area (Å²) in [7, 11) is 0. The second kappa shape index (κ2) is 7.06. The van der Waals surface area contributed by atoms with Crippen molar-refractivity contribution in [3.05, 3.63) is 36.0 Å². The number of amides is 1. The van der Waals surface area contributed by atoms with Gasteiger partial charge in [-0.3, -0.25) is 9.89 Å². The van der Waals surface area contributed by atoms with E-state index in [-0.39, 0.29) is 11.7 Å². The van der Waals surface area contributed by atoms with Crippen molar-refractivity contribution in [2.24, 2.45) is 0 Å². The molecule has 0 aliphatic carbocycles. The summed E-state index contributed by atoms with van der Waals surface area (Å²) in [5.74, 6) is 0.0906. The maximum absolute atomic E-state index is 12.9. The van der Waals surface area contributed by atoms with Crippen molar-refractivity contribution in [3.8, 4) is 17.0 Å².